The van der Waals surface area contributed by atoms with Gasteiger partial charge in [0, 0.05) is 6.54 Å². The maximum absolute atomic E-state index is 13.7. The molecule has 11 heteroatoms. The minimum Gasteiger partial charge on any atom is -0.467 e. The van der Waals surface area contributed by atoms with Gasteiger partial charge in [-0.2, -0.15) is 4.37 Å². The lowest BCUT2D eigenvalue weighted by atomic mass is 10.0. The molecule has 2 aromatic heterocycles. The summed E-state index contributed by atoms with van der Waals surface area (Å²) in [7, 11) is 0. The molecular weight excluding hydrogens is 461 g/mol. The third-order valence-electron chi connectivity index (χ3n) is 5.09. The summed E-state index contributed by atoms with van der Waals surface area (Å²) in [6, 6.07) is 7.48. The van der Waals surface area contributed by atoms with Crippen molar-refractivity contribution in [2.45, 2.75) is 32.9 Å². The Kier molecular flexibility index (Phi) is 8.00. The number of halogens is 1. The molecule has 5 N–H and O–H groups in total. The van der Waals surface area contributed by atoms with Gasteiger partial charge in [-0.15, -0.1) is 0 Å². The van der Waals surface area contributed by atoms with E-state index in [0.29, 0.717) is 35.3 Å². The summed E-state index contributed by atoms with van der Waals surface area (Å²) in [4.78, 5) is 39.8. The van der Waals surface area contributed by atoms with Crippen LogP contribution in [0.5, 0.6) is 0 Å². The average Bonchev–Trinajstić information content (AvgIpc) is 3.43. The minimum atomic E-state index is -1.14. The monoisotopic (exact) mass is 487 g/mol. The second kappa shape index (κ2) is 10.9. The first-order chi connectivity index (χ1) is 16.2. The zero-order valence-corrected chi connectivity index (χ0v) is 19.6. The van der Waals surface area contributed by atoms with E-state index in [1.165, 1.54) is 35.4 Å². The molecule has 0 aliphatic heterocycles. The van der Waals surface area contributed by atoms with Gasteiger partial charge in [0.15, 0.2) is 5.69 Å². The van der Waals surface area contributed by atoms with E-state index >= 15 is 0 Å². The Balaban J connectivity index is 2.05. The van der Waals surface area contributed by atoms with Gasteiger partial charge in [0.2, 0.25) is 5.91 Å². The minimum absolute atomic E-state index is 0.0394. The molecule has 0 saturated heterocycles. The number of rotatable bonds is 10. The Morgan fingerprint density at radius 1 is 1.21 bits per heavy atom. The summed E-state index contributed by atoms with van der Waals surface area (Å²) in [5.74, 6) is -1.68. The van der Waals surface area contributed by atoms with Crippen molar-refractivity contribution in [1.82, 2.24) is 14.6 Å². The van der Waals surface area contributed by atoms with Crippen molar-refractivity contribution in [2.24, 2.45) is 11.7 Å². The van der Waals surface area contributed by atoms with Crippen molar-refractivity contribution >= 4 is 34.9 Å². The van der Waals surface area contributed by atoms with Gasteiger partial charge in [0.1, 0.15) is 22.5 Å². The molecule has 0 aliphatic carbocycles. The third-order valence-corrected chi connectivity index (χ3v) is 5.94. The molecule has 3 rings (SSSR count). The first kappa shape index (κ1) is 24.9. The lowest BCUT2D eigenvalue weighted by Gasteiger charge is -2.30. The molecule has 1 atom stereocenters. The number of carbonyl (C=O) groups is 3. The summed E-state index contributed by atoms with van der Waals surface area (Å²) >= 11 is 0.713. The maximum Gasteiger partial charge on any atom is 0.270 e. The highest BCUT2D eigenvalue weighted by atomic mass is 32.1. The van der Waals surface area contributed by atoms with Gasteiger partial charge in [-0.1, -0.05) is 26.0 Å². The van der Waals surface area contributed by atoms with Crippen LogP contribution in [0.15, 0.2) is 47.1 Å². The fourth-order valence-electron chi connectivity index (χ4n) is 3.31. The van der Waals surface area contributed by atoms with Crippen molar-refractivity contribution in [3.63, 3.8) is 0 Å². The molecular formula is C23H26FN5O4S. The lowest BCUT2D eigenvalue weighted by molar-refractivity contribution is -0.126. The van der Waals surface area contributed by atoms with E-state index in [4.69, 9.17) is 15.9 Å². The van der Waals surface area contributed by atoms with E-state index in [2.05, 4.69) is 9.69 Å². The Morgan fingerprint density at radius 3 is 2.47 bits per heavy atom. The summed E-state index contributed by atoms with van der Waals surface area (Å²) in [5, 5.41) is 2.86. The smallest absolute Gasteiger partial charge is 0.270 e. The highest BCUT2D eigenvalue weighted by molar-refractivity contribution is 7.09. The highest BCUT2D eigenvalue weighted by Crippen LogP contribution is 2.30. The van der Waals surface area contributed by atoms with Crippen molar-refractivity contribution in [2.75, 3.05) is 12.3 Å². The Hall–Kier alpha value is -3.73. The molecule has 0 aliphatic rings. The van der Waals surface area contributed by atoms with E-state index in [9.17, 15) is 18.8 Å². The number of nitrogens with two attached hydrogens (primary N) is 2. The SMILES string of the molecule is CC(C)CCNC(=O)C(c1ccc(F)cc1)N(Cc1ccco1)C(=O)c1snc(C(N)=O)c1N. The third kappa shape index (κ3) is 5.79. The number of nitrogen functional groups attached to an aromatic ring is 1. The largest absolute Gasteiger partial charge is 0.467 e. The quantitative estimate of drug-likeness (QED) is 0.401. The molecule has 1 aromatic carbocycles. The van der Waals surface area contributed by atoms with Crippen LogP contribution in [-0.2, 0) is 11.3 Å². The Morgan fingerprint density at radius 2 is 1.91 bits per heavy atom. The lowest BCUT2D eigenvalue weighted by Crippen LogP contribution is -2.43. The average molecular weight is 488 g/mol. The molecule has 0 bridgehead atoms. The summed E-state index contributed by atoms with van der Waals surface area (Å²) in [5.41, 5.74) is 11.3. The predicted octanol–water partition coefficient (Wildman–Crippen LogP) is 3.10. The number of anilines is 1. The molecule has 3 aromatic rings. The van der Waals surface area contributed by atoms with Gasteiger partial charge < -0.3 is 26.1 Å². The van der Waals surface area contributed by atoms with Gasteiger partial charge >= 0.3 is 0 Å². The number of nitrogens with zero attached hydrogens (tertiary/aromatic N) is 2. The fourth-order valence-corrected chi connectivity index (χ4v) is 4.07. The van der Waals surface area contributed by atoms with Crippen LogP contribution in [-0.4, -0.2) is 33.5 Å². The van der Waals surface area contributed by atoms with Crippen LogP contribution in [0.2, 0.25) is 0 Å². The molecule has 9 nitrogen and oxygen atoms in total. The summed E-state index contributed by atoms with van der Waals surface area (Å²) < 4.78 is 23.0. The molecule has 180 valence electrons. The van der Waals surface area contributed by atoms with Crippen molar-refractivity contribution in [3.05, 3.63) is 70.4 Å². The maximum atomic E-state index is 13.7. The number of hydrogen-bond donors (Lipinski definition) is 3. The molecule has 0 saturated carbocycles. The normalized spacial score (nSPS) is 11.9. The van der Waals surface area contributed by atoms with Gasteiger partial charge in [-0.25, -0.2) is 4.39 Å². The number of furan rings is 1. The van der Waals surface area contributed by atoms with Crippen LogP contribution >= 0.6 is 11.5 Å². The van der Waals surface area contributed by atoms with Crippen LogP contribution in [0.1, 0.15) is 57.8 Å². The highest BCUT2D eigenvalue weighted by Gasteiger charge is 2.35. The number of primary amides is 1. The predicted molar refractivity (Wildman–Crippen MR) is 125 cm³/mol. The summed E-state index contributed by atoms with van der Waals surface area (Å²) in [6.45, 7) is 4.36. The topological polar surface area (TPSA) is 145 Å². The van der Waals surface area contributed by atoms with Crippen LogP contribution < -0.4 is 16.8 Å². The molecule has 34 heavy (non-hydrogen) atoms. The van der Waals surface area contributed by atoms with Crippen molar-refractivity contribution in [1.29, 1.82) is 0 Å². The zero-order valence-electron chi connectivity index (χ0n) is 18.8. The van der Waals surface area contributed by atoms with E-state index in [1.54, 1.807) is 12.1 Å². The molecule has 3 amide bonds. The second-order valence-electron chi connectivity index (χ2n) is 8.08. The van der Waals surface area contributed by atoms with Crippen molar-refractivity contribution in [3.8, 4) is 0 Å². The number of carbonyl (C=O) groups excluding carboxylic acids is 3. The van der Waals surface area contributed by atoms with Gasteiger partial charge in [-0.05, 0) is 53.7 Å². The number of hydrogen-bond acceptors (Lipinski definition) is 7. The second-order valence-corrected chi connectivity index (χ2v) is 8.85. The van der Waals surface area contributed by atoms with Crippen LogP contribution in [0.4, 0.5) is 10.1 Å². The first-order valence-corrected chi connectivity index (χ1v) is 11.4. The number of amides is 3. The molecule has 0 radical (unpaired) electrons. The van der Waals surface area contributed by atoms with Gasteiger partial charge in [0.25, 0.3) is 11.8 Å². The molecule has 2 heterocycles. The van der Waals surface area contributed by atoms with Crippen LogP contribution in [0.25, 0.3) is 0 Å². The number of nitrogens with one attached hydrogen (secondary N) is 1. The Bertz CT molecular complexity index is 1140. The van der Waals surface area contributed by atoms with Crippen LogP contribution in [0.3, 0.4) is 0 Å². The van der Waals surface area contributed by atoms with Crippen molar-refractivity contribution < 1.29 is 23.2 Å². The zero-order chi connectivity index (χ0) is 24.8. The van der Waals surface area contributed by atoms with Crippen LogP contribution in [0, 0.1) is 11.7 Å². The van der Waals surface area contributed by atoms with Gasteiger partial charge in [-0.3, -0.25) is 14.4 Å². The summed E-state index contributed by atoms with van der Waals surface area (Å²) in [6.07, 6.45) is 2.18. The Labute approximate surface area is 200 Å². The number of benzene rings is 1. The number of aromatic nitrogens is 1. The first-order valence-electron chi connectivity index (χ1n) is 10.6. The van der Waals surface area contributed by atoms with E-state index in [0.717, 1.165) is 6.42 Å². The molecule has 0 spiro atoms. The fraction of sp³-hybridized carbons (Fsp3) is 0.304. The van der Waals surface area contributed by atoms with Gasteiger partial charge in [0.05, 0.1) is 18.5 Å². The molecule has 1 unspecified atom stereocenters. The molecule has 0 fully saturated rings. The van der Waals surface area contributed by atoms with E-state index in [-0.39, 0.29) is 22.8 Å². The van der Waals surface area contributed by atoms with E-state index in [1.807, 2.05) is 13.8 Å². The van der Waals surface area contributed by atoms with E-state index < -0.39 is 29.6 Å². The standard InChI is InChI=1S/C23H26FN5O4S/c1-13(2)9-10-27-22(31)19(14-5-7-15(24)8-6-14)29(12-16-4-3-11-33-16)23(32)20-17(25)18(21(26)30)28-34-20/h3-8,11,13,19H,9-10,12,25H2,1-2H3,(H2,26,30)(H,27,31).